The molecule has 7 nitrogen and oxygen atoms in total. The Balaban J connectivity index is 1.40. The van der Waals surface area contributed by atoms with Crippen molar-refractivity contribution in [1.29, 1.82) is 0 Å². The van der Waals surface area contributed by atoms with Crippen LogP contribution in [0.2, 0.25) is 0 Å². The molecule has 3 aromatic rings. The van der Waals surface area contributed by atoms with Gasteiger partial charge < -0.3 is 19.1 Å². The van der Waals surface area contributed by atoms with Crippen LogP contribution in [0.3, 0.4) is 0 Å². The van der Waals surface area contributed by atoms with E-state index >= 15 is 0 Å². The number of hydrazone groups is 1. The zero-order valence-corrected chi connectivity index (χ0v) is 18.3. The van der Waals surface area contributed by atoms with Crippen LogP contribution in [0, 0.1) is 0 Å². The summed E-state index contributed by atoms with van der Waals surface area (Å²) >= 11 is 0. The zero-order valence-electron chi connectivity index (χ0n) is 18.3. The summed E-state index contributed by atoms with van der Waals surface area (Å²) in [4.78, 5) is 14.8. The number of hydrogen-bond donors (Lipinski definition) is 1. The van der Waals surface area contributed by atoms with E-state index in [1.807, 2.05) is 48.5 Å². The number of rotatable bonds is 7. The van der Waals surface area contributed by atoms with Gasteiger partial charge >= 0.3 is 0 Å². The SMILES string of the molecule is COc1ccc(N2Cc3ccc(C(=O)N/N=C/c4ccc(OC)c(OC)c4)cc3C2)cc1. The van der Waals surface area contributed by atoms with Crippen molar-refractivity contribution in [3.05, 3.63) is 82.9 Å². The van der Waals surface area contributed by atoms with Crippen molar-refractivity contribution < 1.29 is 19.0 Å². The third-order valence-corrected chi connectivity index (χ3v) is 5.42. The number of methoxy groups -OCH3 is 3. The van der Waals surface area contributed by atoms with Crippen molar-refractivity contribution in [2.24, 2.45) is 5.10 Å². The van der Waals surface area contributed by atoms with E-state index < -0.39 is 0 Å². The van der Waals surface area contributed by atoms with Crippen LogP contribution in [-0.4, -0.2) is 33.5 Å². The summed E-state index contributed by atoms with van der Waals surface area (Å²) in [5.41, 5.74) is 7.42. The molecule has 164 valence electrons. The Bertz CT molecular complexity index is 1140. The van der Waals surface area contributed by atoms with Gasteiger partial charge in [-0.1, -0.05) is 6.07 Å². The normalized spacial score (nSPS) is 12.5. The maximum atomic E-state index is 12.6. The van der Waals surface area contributed by atoms with E-state index in [1.54, 1.807) is 39.7 Å². The average molecular weight is 431 g/mol. The Morgan fingerprint density at radius 2 is 1.62 bits per heavy atom. The predicted molar refractivity (Wildman–Crippen MR) is 124 cm³/mol. The molecule has 0 bridgehead atoms. The molecule has 32 heavy (non-hydrogen) atoms. The van der Waals surface area contributed by atoms with Gasteiger partial charge in [-0.05, 0) is 71.3 Å². The number of carbonyl (C=O) groups excluding carboxylic acids is 1. The Kier molecular flexibility index (Phi) is 6.26. The largest absolute Gasteiger partial charge is 0.497 e. The van der Waals surface area contributed by atoms with Crippen molar-refractivity contribution in [2.75, 3.05) is 26.2 Å². The quantitative estimate of drug-likeness (QED) is 0.452. The smallest absolute Gasteiger partial charge is 0.271 e. The monoisotopic (exact) mass is 431 g/mol. The predicted octanol–water partition coefficient (Wildman–Crippen LogP) is 4.00. The highest BCUT2D eigenvalue weighted by molar-refractivity contribution is 5.95. The fourth-order valence-corrected chi connectivity index (χ4v) is 3.67. The fourth-order valence-electron chi connectivity index (χ4n) is 3.67. The summed E-state index contributed by atoms with van der Waals surface area (Å²) in [6.45, 7) is 1.55. The first-order valence-electron chi connectivity index (χ1n) is 10.2. The minimum Gasteiger partial charge on any atom is -0.497 e. The number of benzene rings is 3. The Hall–Kier alpha value is -4.00. The first-order valence-corrected chi connectivity index (χ1v) is 10.2. The average Bonchev–Trinajstić information content (AvgIpc) is 3.27. The summed E-state index contributed by atoms with van der Waals surface area (Å²) in [7, 11) is 4.81. The van der Waals surface area contributed by atoms with Crippen LogP contribution in [0.15, 0.2) is 65.8 Å². The van der Waals surface area contributed by atoms with Crippen molar-refractivity contribution >= 4 is 17.8 Å². The molecule has 0 aliphatic carbocycles. The standard InChI is InChI=1S/C25H25N3O4/c1-30-22-9-7-21(8-10-22)28-15-19-6-5-18(13-20(19)16-28)25(29)27-26-14-17-4-11-23(31-2)24(12-17)32-3/h4-14H,15-16H2,1-3H3,(H,27,29)/b26-14+. The highest BCUT2D eigenvalue weighted by Crippen LogP contribution is 2.30. The van der Waals surface area contributed by atoms with E-state index in [0.29, 0.717) is 17.1 Å². The molecular formula is C25H25N3O4. The van der Waals surface area contributed by atoms with E-state index in [4.69, 9.17) is 14.2 Å². The molecule has 0 unspecified atom stereocenters. The Labute approximate surface area is 187 Å². The molecule has 1 N–H and O–H groups in total. The molecule has 0 fully saturated rings. The number of amides is 1. The van der Waals surface area contributed by atoms with Crippen LogP contribution in [0.1, 0.15) is 27.0 Å². The second-order valence-electron chi connectivity index (χ2n) is 7.35. The molecule has 7 heteroatoms. The number of anilines is 1. The van der Waals surface area contributed by atoms with Crippen LogP contribution in [0.5, 0.6) is 17.2 Å². The molecule has 4 rings (SSSR count). The van der Waals surface area contributed by atoms with Crippen LogP contribution in [0.25, 0.3) is 0 Å². The highest BCUT2D eigenvalue weighted by Gasteiger charge is 2.20. The fraction of sp³-hybridized carbons (Fsp3) is 0.200. The summed E-state index contributed by atoms with van der Waals surface area (Å²) in [6.07, 6.45) is 1.57. The van der Waals surface area contributed by atoms with Gasteiger partial charge in [-0.3, -0.25) is 4.79 Å². The second kappa shape index (κ2) is 9.43. The number of fused-ring (bicyclic) bond motifs is 1. The number of hydrogen-bond acceptors (Lipinski definition) is 6. The number of ether oxygens (including phenoxy) is 3. The van der Waals surface area contributed by atoms with E-state index in [-0.39, 0.29) is 5.91 Å². The minimum absolute atomic E-state index is 0.257. The van der Waals surface area contributed by atoms with Crippen LogP contribution < -0.4 is 24.5 Å². The topological polar surface area (TPSA) is 72.4 Å². The van der Waals surface area contributed by atoms with Crippen LogP contribution >= 0.6 is 0 Å². The lowest BCUT2D eigenvalue weighted by atomic mass is 10.1. The number of nitrogens with zero attached hydrogens (tertiary/aromatic N) is 2. The van der Waals surface area contributed by atoms with Gasteiger partial charge in [0.25, 0.3) is 5.91 Å². The molecule has 3 aromatic carbocycles. The molecule has 0 aromatic heterocycles. The number of nitrogens with one attached hydrogen (secondary N) is 1. The van der Waals surface area contributed by atoms with Crippen molar-refractivity contribution in [3.8, 4) is 17.2 Å². The third-order valence-electron chi connectivity index (χ3n) is 5.42. The number of carbonyl (C=O) groups is 1. The first kappa shape index (κ1) is 21.2. The molecule has 0 spiro atoms. The lowest BCUT2D eigenvalue weighted by Gasteiger charge is -2.17. The molecule has 1 heterocycles. The Morgan fingerprint density at radius 1 is 0.875 bits per heavy atom. The lowest BCUT2D eigenvalue weighted by molar-refractivity contribution is 0.0955. The van der Waals surface area contributed by atoms with Crippen molar-refractivity contribution in [2.45, 2.75) is 13.1 Å². The van der Waals surface area contributed by atoms with Gasteiger partial charge in [0.15, 0.2) is 11.5 Å². The van der Waals surface area contributed by atoms with Crippen LogP contribution in [-0.2, 0) is 13.1 Å². The maximum absolute atomic E-state index is 12.6. The van der Waals surface area contributed by atoms with Gasteiger partial charge in [-0.25, -0.2) is 5.43 Å². The Morgan fingerprint density at radius 3 is 2.34 bits per heavy atom. The van der Waals surface area contributed by atoms with E-state index in [9.17, 15) is 4.79 Å². The van der Waals surface area contributed by atoms with Gasteiger partial charge in [0, 0.05) is 24.3 Å². The summed E-state index contributed by atoms with van der Waals surface area (Å²) in [6, 6.07) is 19.2. The summed E-state index contributed by atoms with van der Waals surface area (Å²) in [5.74, 6) is 1.81. The molecule has 1 aliphatic heterocycles. The maximum Gasteiger partial charge on any atom is 0.271 e. The van der Waals surface area contributed by atoms with E-state index in [1.165, 1.54) is 5.56 Å². The molecule has 1 amide bonds. The van der Waals surface area contributed by atoms with Gasteiger partial charge in [-0.2, -0.15) is 5.10 Å². The molecule has 0 atom stereocenters. The summed E-state index contributed by atoms with van der Waals surface area (Å²) < 4.78 is 15.7. The molecular weight excluding hydrogens is 406 g/mol. The van der Waals surface area contributed by atoms with Gasteiger partial charge in [0.2, 0.25) is 0 Å². The minimum atomic E-state index is -0.257. The molecule has 0 saturated carbocycles. The molecule has 0 radical (unpaired) electrons. The molecule has 1 aliphatic rings. The van der Waals surface area contributed by atoms with Crippen molar-refractivity contribution in [1.82, 2.24) is 5.43 Å². The first-order chi connectivity index (χ1) is 15.6. The van der Waals surface area contributed by atoms with Gasteiger partial charge in [0.05, 0.1) is 27.5 Å². The lowest BCUT2D eigenvalue weighted by Crippen LogP contribution is -2.18. The van der Waals surface area contributed by atoms with E-state index in [0.717, 1.165) is 35.7 Å². The van der Waals surface area contributed by atoms with Gasteiger partial charge in [-0.15, -0.1) is 0 Å². The van der Waals surface area contributed by atoms with Crippen molar-refractivity contribution in [3.63, 3.8) is 0 Å². The second-order valence-corrected chi connectivity index (χ2v) is 7.35. The molecule has 0 saturated heterocycles. The third kappa shape index (κ3) is 4.51. The van der Waals surface area contributed by atoms with Gasteiger partial charge in [0.1, 0.15) is 5.75 Å². The van der Waals surface area contributed by atoms with Crippen LogP contribution in [0.4, 0.5) is 5.69 Å². The highest BCUT2D eigenvalue weighted by atomic mass is 16.5. The summed E-state index contributed by atoms with van der Waals surface area (Å²) in [5, 5.41) is 4.08. The zero-order chi connectivity index (χ0) is 22.5. The van der Waals surface area contributed by atoms with E-state index in [2.05, 4.69) is 15.4 Å².